The van der Waals surface area contributed by atoms with E-state index in [0.717, 1.165) is 47.4 Å². The Hall–Kier alpha value is -3.56. The summed E-state index contributed by atoms with van der Waals surface area (Å²) in [7, 11) is -2.45. The summed E-state index contributed by atoms with van der Waals surface area (Å²) in [5, 5.41) is 3.70. The third kappa shape index (κ3) is 8.24. The van der Waals surface area contributed by atoms with Gasteiger partial charge in [0, 0.05) is 24.0 Å². The largest absolute Gasteiger partial charge is 0.495 e. The van der Waals surface area contributed by atoms with E-state index < -0.39 is 28.5 Å². The first kappa shape index (κ1) is 30.4. The summed E-state index contributed by atoms with van der Waals surface area (Å²) in [6.07, 6.45) is 5.19. The lowest BCUT2D eigenvalue weighted by atomic mass is 10.0. The molecule has 0 aliphatic heterocycles. The number of carbonyl (C=O) groups is 2. The summed E-state index contributed by atoms with van der Waals surface area (Å²) in [6.45, 7) is -0.413. The SMILES string of the molecule is COc1ccccc1N(CC(=O)N(Cc1ccc(Cl)cc1)C(Cc1ccccc1)C(=O)NC1CCCC1)S(C)(=O)=O. The highest BCUT2D eigenvalue weighted by atomic mass is 35.5. The van der Waals surface area contributed by atoms with Crippen LogP contribution in [0.1, 0.15) is 36.8 Å². The maximum absolute atomic E-state index is 14.2. The van der Waals surface area contributed by atoms with Crippen molar-refractivity contribution in [1.29, 1.82) is 0 Å². The van der Waals surface area contributed by atoms with Gasteiger partial charge in [-0.1, -0.05) is 79.0 Å². The van der Waals surface area contributed by atoms with Crippen molar-refractivity contribution in [2.75, 3.05) is 24.2 Å². The summed E-state index contributed by atoms with van der Waals surface area (Å²) >= 11 is 6.11. The van der Waals surface area contributed by atoms with Crippen molar-refractivity contribution in [3.8, 4) is 5.75 Å². The van der Waals surface area contributed by atoms with Gasteiger partial charge in [0.25, 0.3) is 0 Å². The molecule has 2 amide bonds. The summed E-state index contributed by atoms with van der Waals surface area (Å²) in [4.78, 5) is 29.5. The van der Waals surface area contributed by atoms with Crippen LogP contribution in [0.5, 0.6) is 5.75 Å². The molecule has 1 aliphatic carbocycles. The van der Waals surface area contributed by atoms with Crippen LogP contribution in [-0.2, 0) is 32.6 Å². The van der Waals surface area contributed by atoms with Crippen molar-refractivity contribution in [3.05, 3.63) is 95.0 Å². The van der Waals surface area contributed by atoms with Crippen molar-refractivity contribution in [3.63, 3.8) is 0 Å². The van der Waals surface area contributed by atoms with Gasteiger partial charge in [-0.3, -0.25) is 13.9 Å². The number of ether oxygens (including phenoxy) is 1. The Morgan fingerprint density at radius 1 is 0.951 bits per heavy atom. The van der Waals surface area contributed by atoms with Crippen LogP contribution in [0.25, 0.3) is 0 Å². The minimum atomic E-state index is -3.89. The number of rotatable bonds is 12. The Labute approximate surface area is 247 Å². The molecule has 1 unspecified atom stereocenters. The Bertz CT molecular complexity index is 1430. The normalized spacial score (nSPS) is 14.3. The molecule has 0 saturated heterocycles. The predicted octanol–water partition coefficient (Wildman–Crippen LogP) is 4.81. The summed E-state index contributed by atoms with van der Waals surface area (Å²) < 4.78 is 32.4. The molecule has 1 aliphatic rings. The molecule has 4 rings (SSSR count). The Morgan fingerprint density at radius 2 is 1.59 bits per heavy atom. The minimum Gasteiger partial charge on any atom is -0.495 e. The quantitative estimate of drug-likeness (QED) is 0.323. The highest BCUT2D eigenvalue weighted by Gasteiger charge is 2.34. The van der Waals surface area contributed by atoms with Crippen LogP contribution in [0.3, 0.4) is 0 Å². The van der Waals surface area contributed by atoms with E-state index in [-0.39, 0.29) is 30.6 Å². The highest BCUT2D eigenvalue weighted by molar-refractivity contribution is 7.92. The van der Waals surface area contributed by atoms with Gasteiger partial charge in [0.05, 0.1) is 19.1 Å². The van der Waals surface area contributed by atoms with Gasteiger partial charge in [0.2, 0.25) is 21.8 Å². The topological polar surface area (TPSA) is 96.0 Å². The van der Waals surface area contributed by atoms with Gasteiger partial charge in [0.1, 0.15) is 18.3 Å². The zero-order chi connectivity index (χ0) is 29.4. The van der Waals surface area contributed by atoms with Gasteiger partial charge in [0.15, 0.2) is 0 Å². The standard InChI is InChI=1S/C31H36ClN3O5S/c1-40-29-15-9-8-14-27(29)35(41(2,38)39)22-30(36)34(21-24-16-18-25(32)19-17-24)28(20-23-10-4-3-5-11-23)31(37)33-26-12-6-7-13-26/h3-5,8-11,14-19,26,28H,6-7,12-13,20-22H2,1-2H3,(H,33,37). The smallest absolute Gasteiger partial charge is 0.244 e. The number of benzene rings is 3. The van der Waals surface area contributed by atoms with E-state index >= 15 is 0 Å². The number of nitrogens with zero attached hydrogens (tertiary/aromatic N) is 2. The van der Waals surface area contributed by atoms with Crippen LogP contribution in [-0.4, -0.2) is 57.1 Å². The van der Waals surface area contributed by atoms with Crippen molar-refractivity contribution >= 4 is 39.1 Å². The fourth-order valence-electron chi connectivity index (χ4n) is 5.14. The number of para-hydroxylation sites is 2. The molecule has 8 nitrogen and oxygen atoms in total. The summed E-state index contributed by atoms with van der Waals surface area (Å²) in [5.74, 6) is -0.458. The van der Waals surface area contributed by atoms with Gasteiger partial charge in [-0.15, -0.1) is 0 Å². The Balaban J connectivity index is 1.73. The minimum absolute atomic E-state index is 0.0503. The van der Waals surface area contributed by atoms with Crippen LogP contribution in [0, 0.1) is 0 Å². The summed E-state index contributed by atoms with van der Waals surface area (Å²) in [5.41, 5.74) is 1.89. The molecule has 1 saturated carbocycles. The van der Waals surface area contributed by atoms with E-state index in [9.17, 15) is 18.0 Å². The molecule has 3 aromatic rings. The molecule has 218 valence electrons. The lowest BCUT2D eigenvalue weighted by Gasteiger charge is -2.34. The second kappa shape index (κ2) is 13.9. The van der Waals surface area contributed by atoms with E-state index in [0.29, 0.717) is 10.8 Å². The van der Waals surface area contributed by atoms with Crippen molar-refractivity contribution in [2.24, 2.45) is 0 Å². The lowest BCUT2D eigenvalue weighted by Crippen LogP contribution is -2.54. The average Bonchev–Trinajstić information content (AvgIpc) is 3.47. The van der Waals surface area contributed by atoms with E-state index in [2.05, 4.69) is 5.32 Å². The first-order chi connectivity index (χ1) is 19.7. The molecule has 1 atom stereocenters. The monoisotopic (exact) mass is 597 g/mol. The Kier molecular flexibility index (Phi) is 10.3. The third-order valence-corrected chi connectivity index (χ3v) is 8.65. The van der Waals surface area contributed by atoms with Crippen molar-refractivity contribution in [1.82, 2.24) is 10.2 Å². The fourth-order valence-corrected chi connectivity index (χ4v) is 6.12. The van der Waals surface area contributed by atoms with Gasteiger partial charge in [-0.25, -0.2) is 8.42 Å². The van der Waals surface area contributed by atoms with Gasteiger partial charge in [-0.2, -0.15) is 0 Å². The van der Waals surface area contributed by atoms with E-state index in [4.69, 9.17) is 16.3 Å². The maximum atomic E-state index is 14.2. The van der Waals surface area contributed by atoms with Crippen LogP contribution in [0.15, 0.2) is 78.9 Å². The van der Waals surface area contributed by atoms with E-state index in [1.54, 1.807) is 48.5 Å². The predicted molar refractivity (Wildman–Crippen MR) is 162 cm³/mol. The van der Waals surface area contributed by atoms with Crippen LogP contribution in [0.2, 0.25) is 5.02 Å². The van der Waals surface area contributed by atoms with Crippen LogP contribution < -0.4 is 14.4 Å². The molecular formula is C31H36ClN3O5S. The zero-order valence-electron chi connectivity index (χ0n) is 23.3. The van der Waals surface area contributed by atoms with Gasteiger partial charge < -0.3 is 15.0 Å². The Morgan fingerprint density at radius 3 is 2.22 bits per heavy atom. The number of anilines is 1. The molecule has 0 aromatic heterocycles. The van der Waals surface area contributed by atoms with Gasteiger partial charge >= 0.3 is 0 Å². The number of amides is 2. The first-order valence-corrected chi connectivity index (χ1v) is 15.9. The number of nitrogens with one attached hydrogen (secondary N) is 1. The highest BCUT2D eigenvalue weighted by Crippen LogP contribution is 2.30. The molecule has 0 radical (unpaired) electrons. The van der Waals surface area contributed by atoms with Crippen LogP contribution >= 0.6 is 11.6 Å². The molecule has 1 N–H and O–H groups in total. The number of carbonyl (C=O) groups excluding carboxylic acids is 2. The van der Waals surface area contributed by atoms with E-state index in [1.807, 2.05) is 30.3 Å². The molecule has 10 heteroatoms. The number of hydrogen-bond donors (Lipinski definition) is 1. The molecule has 0 bridgehead atoms. The molecular weight excluding hydrogens is 562 g/mol. The second-order valence-corrected chi connectivity index (χ2v) is 12.6. The molecule has 3 aromatic carbocycles. The summed E-state index contributed by atoms with van der Waals surface area (Å²) in [6, 6.07) is 22.3. The first-order valence-electron chi connectivity index (χ1n) is 13.6. The number of halogens is 1. The average molecular weight is 598 g/mol. The van der Waals surface area contributed by atoms with Crippen molar-refractivity contribution < 1.29 is 22.7 Å². The second-order valence-electron chi connectivity index (χ2n) is 10.3. The number of hydrogen-bond acceptors (Lipinski definition) is 5. The third-order valence-electron chi connectivity index (χ3n) is 7.27. The fraction of sp³-hybridized carbons (Fsp3) is 0.355. The lowest BCUT2D eigenvalue weighted by molar-refractivity contribution is -0.140. The van der Waals surface area contributed by atoms with Crippen molar-refractivity contribution in [2.45, 2.75) is 50.7 Å². The molecule has 0 heterocycles. The molecule has 1 fully saturated rings. The number of sulfonamides is 1. The number of methoxy groups -OCH3 is 1. The molecule has 0 spiro atoms. The van der Waals surface area contributed by atoms with E-state index in [1.165, 1.54) is 12.0 Å². The van der Waals surface area contributed by atoms with Gasteiger partial charge in [-0.05, 0) is 48.2 Å². The molecule has 41 heavy (non-hydrogen) atoms. The maximum Gasteiger partial charge on any atom is 0.244 e. The zero-order valence-corrected chi connectivity index (χ0v) is 24.9. The van der Waals surface area contributed by atoms with Crippen LogP contribution in [0.4, 0.5) is 5.69 Å².